The van der Waals surface area contributed by atoms with Crippen LogP contribution in [0.25, 0.3) is 0 Å². The highest BCUT2D eigenvalue weighted by atomic mass is 16.5. The summed E-state index contributed by atoms with van der Waals surface area (Å²) in [7, 11) is 0. The molecule has 0 aliphatic carbocycles. The van der Waals surface area contributed by atoms with Gasteiger partial charge in [0, 0.05) is 25.7 Å². The van der Waals surface area contributed by atoms with Crippen LogP contribution in [0.1, 0.15) is 48.4 Å². The number of carbonyl (C=O) groups excluding carboxylic acids is 1. The van der Waals surface area contributed by atoms with Crippen LogP contribution in [-0.4, -0.2) is 45.7 Å². The maximum Gasteiger partial charge on any atom is 0.348 e. The smallest absolute Gasteiger partial charge is 0.348 e. The van der Waals surface area contributed by atoms with Gasteiger partial charge in [-0.1, -0.05) is 60.2 Å². The second kappa shape index (κ2) is 10.1. The fourth-order valence-electron chi connectivity index (χ4n) is 4.90. The highest BCUT2D eigenvalue weighted by molar-refractivity contribution is 6.07. The van der Waals surface area contributed by atoms with Crippen molar-refractivity contribution >= 4 is 17.6 Å². The SMILES string of the molecule is Cc1ccc(C2=NN(c3nn(CC4CCOCC4)c(=O)n3[C@@H](C)C(N)=O)C[C@H]2c2ccccc2)cc1. The number of aromatic nitrogens is 3. The lowest BCUT2D eigenvalue weighted by atomic mass is 9.90. The molecule has 1 amide bonds. The van der Waals surface area contributed by atoms with Crippen molar-refractivity contribution in [1.29, 1.82) is 0 Å². The number of nitrogens with two attached hydrogens (primary N) is 1. The lowest BCUT2D eigenvalue weighted by Gasteiger charge is -2.21. The maximum absolute atomic E-state index is 13.5. The predicted molar refractivity (Wildman–Crippen MR) is 138 cm³/mol. The van der Waals surface area contributed by atoms with E-state index in [9.17, 15) is 9.59 Å². The third-order valence-electron chi connectivity index (χ3n) is 7.12. The number of ether oxygens (including phenoxy) is 1. The summed E-state index contributed by atoms with van der Waals surface area (Å²) in [6.07, 6.45) is 1.74. The Hall–Kier alpha value is -3.72. The second-order valence-electron chi connectivity index (χ2n) is 9.67. The van der Waals surface area contributed by atoms with Crippen molar-refractivity contribution < 1.29 is 9.53 Å². The average molecular weight is 489 g/mol. The van der Waals surface area contributed by atoms with Crippen LogP contribution < -0.4 is 16.4 Å². The van der Waals surface area contributed by atoms with E-state index >= 15 is 0 Å². The van der Waals surface area contributed by atoms with Crippen LogP contribution in [0.5, 0.6) is 0 Å². The van der Waals surface area contributed by atoms with Crippen molar-refractivity contribution in [3.8, 4) is 0 Å². The minimum Gasteiger partial charge on any atom is -0.381 e. The Labute approximate surface area is 210 Å². The lowest BCUT2D eigenvalue weighted by molar-refractivity contribution is -0.120. The largest absolute Gasteiger partial charge is 0.381 e. The van der Waals surface area contributed by atoms with E-state index < -0.39 is 11.9 Å². The fraction of sp³-hybridized carbons (Fsp3) is 0.407. The van der Waals surface area contributed by atoms with Gasteiger partial charge in [0.05, 0.1) is 12.3 Å². The molecule has 2 atom stereocenters. The van der Waals surface area contributed by atoms with Crippen molar-refractivity contribution in [3.63, 3.8) is 0 Å². The number of anilines is 1. The first-order chi connectivity index (χ1) is 17.4. The molecule has 5 rings (SSSR count). The van der Waals surface area contributed by atoms with E-state index in [-0.39, 0.29) is 11.6 Å². The van der Waals surface area contributed by atoms with Gasteiger partial charge in [-0.2, -0.15) is 5.10 Å². The van der Waals surface area contributed by atoms with Gasteiger partial charge in [-0.3, -0.25) is 4.79 Å². The van der Waals surface area contributed by atoms with E-state index in [1.54, 1.807) is 11.9 Å². The third-order valence-corrected chi connectivity index (χ3v) is 7.12. The Balaban J connectivity index is 1.57. The normalized spacial score (nSPS) is 19.3. The molecular formula is C27H32N6O3. The quantitative estimate of drug-likeness (QED) is 0.550. The van der Waals surface area contributed by atoms with Crippen LogP contribution in [0.3, 0.4) is 0 Å². The topological polar surface area (TPSA) is 108 Å². The van der Waals surface area contributed by atoms with Crippen LogP contribution in [0, 0.1) is 12.8 Å². The molecule has 2 aliphatic heterocycles. The van der Waals surface area contributed by atoms with Gasteiger partial charge in [-0.15, -0.1) is 5.10 Å². The summed E-state index contributed by atoms with van der Waals surface area (Å²) in [5.41, 5.74) is 9.49. The molecular weight excluding hydrogens is 456 g/mol. The second-order valence-corrected chi connectivity index (χ2v) is 9.67. The first-order valence-electron chi connectivity index (χ1n) is 12.5. The van der Waals surface area contributed by atoms with E-state index in [0.717, 1.165) is 29.7 Å². The molecule has 1 saturated heterocycles. The van der Waals surface area contributed by atoms with E-state index in [1.807, 2.05) is 18.2 Å². The number of hydrazone groups is 1. The Morgan fingerprint density at radius 2 is 1.81 bits per heavy atom. The van der Waals surface area contributed by atoms with E-state index in [1.165, 1.54) is 14.8 Å². The van der Waals surface area contributed by atoms with Gasteiger partial charge in [-0.25, -0.2) is 19.1 Å². The number of nitrogens with zero attached hydrogens (tertiary/aromatic N) is 5. The van der Waals surface area contributed by atoms with Gasteiger partial charge in [0.2, 0.25) is 11.9 Å². The van der Waals surface area contributed by atoms with Crippen LogP contribution in [0.15, 0.2) is 64.5 Å². The zero-order chi connectivity index (χ0) is 25.2. The molecule has 2 N–H and O–H groups in total. The van der Waals surface area contributed by atoms with Crippen molar-refractivity contribution in [2.75, 3.05) is 24.8 Å². The number of hydrogen-bond acceptors (Lipinski definition) is 6. The summed E-state index contributed by atoms with van der Waals surface area (Å²) in [6.45, 7) is 6.00. The van der Waals surface area contributed by atoms with Crippen molar-refractivity contribution in [1.82, 2.24) is 14.3 Å². The number of aryl methyl sites for hydroxylation is 1. The number of primary amides is 1. The van der Waals surface area contributed by atoms with E-state index in [4.69, 9.17) is 20.7 Å². The molecule has 9 nitrogen and oxygen atoms in total. The molecule has 36 heavy (non-hydrogen) atoms. The minimum atomic E-state index is -0.857. The minimum absolute atomic E-state index is 0.0259. The summed E-state index contributed by atoms with van der Waals surface area (Å²) >= 11 is 0. The van der Waals surface area contributed by atoms with Crippen LogP contribution in [-0.2, 0) is 16.1 Å². The van der Waals surface area contributed by atoms with Crippen LogP contribution >= 0.6 is 0 Å². The molecule has 0 spiro atoms. The monoisotopic (exact) mass is 488 g/mol. The van der Waals surface area contributed by atoms with Crippen molar-refractivity contribution in [3.05, 3.63) is 81.8 Å². The van der Waals surface area contributed by atoms with Gasteiger partial charge in [0.15, 0.2) is 0 Å². The molecule has 0 unspecified atom stereocenters. The summed E-state index contributed by atoms with van der Waals surface area (Å²) in [5, 5.41) is 11.4. The summed E-state index contributed by atoms with van der Waals surface area (Å²) < 4.78 is 8.30. The van der Waals surface area contributed by atoms with Crippen LogP contribution in [0.2, 0.25) is 0 Å². The zero-order valence-corrected chi connectivity index (χ0v) is 20.7. The zero-order valence-electron chi connectivity index (χ0n) is 20.7. The van der Waals surface area contributed by atoms with Gasteiger partial charge in [0.25, 0.3) is 0 Å². The molecule has 3 aromatic rings. The molecule has 0 saturated carbocycles. The molecule has 188 valence electrons. The van der Waals surface area contributed by atoms with Gasteiger partial charge in [-0.05, 0) is 43.7 Å². The highest BCUT2D eigenvalue weighted by Gasteiger charge is 2.35. The Morgan fingerprint density at radius 1 is 1.11 bits per heavy atom. The van der Waals surface area contributed by atoms with Crippen molar-refractivity contribution in [2.24, 2.45) is 16.8 Å². The molecule has 3 heterocycles. The van der Waals surface area contributed by atoms with E-state index in [2.05, 4.69) is 43.3 Å². The number of amides is 1. The number of rotatable bonds is 7. The number of hydrogen-bond donors (Lipinski definition) is 1. The number of carbonyl (C=O) groups is 1. The van der Waals surface area contributed by atoms with Gasteiger partial charge < -0.3 is 10.5 Å². The highest BCUT2D eigenvalue weighted by Crippen LogP contribution is 2.32. The summed E-state index contributed by atoms with van der Waals surface area (Å²) in [5.74, 6) is 0.00713. The molecule has 9 heteroatoms. The van der Waals surface area contributed by atoms with E-state index in [0.29, 0.717) is 38.2 Å². The van der Waals surface area contributed by atoms with Gasteiger partial charge >= 0.3 is 5.69 Å². The Bertz CT molecular complexity index is 1310. The first kappa shape index (κ1) is 24.0. The predicted octanol–water partition coefficient (Wildman–Crippen LogP) is 2.83. The van der Waals surface area contributed by atoms with Crippen LogP contribution in [0.4, 0.5) is 5.95 Å². The fourth-order valence-corrected chi connectivity index (χ4v) is 4.90. The maximum atomic E-state index is 13.5. The van der Waals surface area contributed by atoms with Gasteiger partial charge in [0.1, 0.15) is 6.04 Å². The molecule has 0 bridgehead atoms. The summed E-state index contributed by atoms with van der Waals surface area (Å²) in [6, 6.07) is 17.6. The Kier molecular flexibility index (Phi) is 6.73. The molecule has 2 aliphatic rings. The number of benzene rings is 2. The molecule has 2 aromatic carbocycles. The average Bonchev–Trinajstić information content (AvgIpc) is 3.47. The molecule has 1 aromatic heterocycles. The third kappa shape index (κ3) is 4.70. The lowest BCUT2D eigenvalue weighted by Crippen LogP contribution is -2.36. The Morgan fingerprint density at radius 3 is 2.47 bits per heavy atom. The van der Waals surface area contributed by atoms with Crippen molar-refractivity contribution in [2.45, 2.75) is 45.2 Å². The molecule has 0 radical (unpaired) electrons. The molecule has 1 fully saturated rings. The summed E-state index contributed by atoms with van der Waals surface area (Å²) in [4.78, 5) is 25.6. The first-order valence-corrected chi connectivity index (χ1v) is 12.5. The standard InChI is InChI=1S/C27H32N6O3/c1-18-8-10-22(11-9-18)24-23(21-6-4-3-5-7-21)17-31(29-24)26-30-32(16-20-12-14-36-15-13-20)27(35)33(26)19(2)25(28)34/h3-11,19-20,23H,12-17H2,1-2H3,(H2,28,34)/t19-,23-/m0/s1.